The summed E-state index contributed by atoms with van der Waals surface area (Å²) in [6, 6.07) is 0. The van der Waals surface area contributed by atoms with Crippen LogP contribution in [0.2, 0.25) is 0 Å². The van der Waals surface area contributed by atoms with Crippen LogP contribution in [0.25, 0.3) is 0 Å². The molecule has 1 fully saturated rings. The monoisotopic (exact) mass is 863 g/mol. The number of carbonyl (C=O) groups excluding carboxylic acids is 1. The molecule has 0 amide bonds. The van der Waals surface area contributed by atoms with Crippen molar-refractivity contribution in [3.05, 3.63) is 24.3 Å². The molecule has 12 nitrogen and oxygen atoms in total. The average Bonchev–Trinajstić information content (AvgIpc) is 3.20. The first kappa shape index (κ1) is 55.6. The Labute approximate surface area is 359 Å². The van der Waals surface area contributed by atoms with Gasteiger partial charge in [0.25, 0.3) is 0 Å². The van der Waals surface area contributed by atoms with E-state index in [1.54, 1.807) is 0 Å². The minimum Gasteiger partial charge on any atom is -0.457 e. The number of hydrogen-bond acceptors (Lipinski definition) is 11. The van der Waals surface area contributed by atoms with Crippen molar-refractivity contribution in [1.82, 2.24) is 0 Å². The maximum absolute atomic E-state index is 12.9. The minimum atomic E-state index is -5.06. The summed E-state index contributed by atoms with van der Waals surface area (Å²) in [5.41, 5.74) is 0. The fourth-order valence-corrected chi connectivity index (χ4v) is 7.74. The van der Waals surface area contributed by atoms with Gasteiger partial charge in [-0.3, -0.25) is 9.35 Å². The molecule has 0 aromatic rings. The highest BCUT2D eigenvalue weighted by Crippen LogP contribution is 2.26. The van der Waals surface area contributed by atoms with E-state index in [0.717, 1.165) is 51.4 Å². The molecule has 6 unspecified atom stereocenters. The Kier molecular flexibility index (Phi) is 36.1. The van der Waals surface area contributed by atoms with Gasteiger partial charge in [-0.2, -0.15) is 8.42 Å². The second kappa shape index (κ2) is 38.3. The average molecular weight is 863 g/mol. The van der Waals surface area contributed by atoms with Crippen LogP contribution in [0.5, 0.6) is 0 Å². The third kappa shape index (κ3) is 32.0. The van der Waals surface area contributed by atoms with E-state index in [9.17, 15) is 28.5 Å². The smallest absolute Gasteiger partial charge is 0.397 e. The zero-order chi connectivity index (χ0) is 43.2. The number of rotatable bonds is 41. The lowest BCUT2D eigenvalue weighted by Crippen LogP contribution is -2.60. The van der Waals surface area contributed by atoms with Crippen molar-refractivity contribution in [3.63, 3.8) is 0 Å². The van der Waals surface area contributed by atoms with Crippen LogP contribution in [0.1, 0.15) is 200 Å². The standard InChI is InChI=1S/C46H86O12S/c1-3-5-7-9-11-13-15-17-18-19-20-21-22-23-25-27-29-31-33-35-42(48)56-40(38-54-36-34-32-30-28-26-24-16-14-12-10-8-6-4-2)39-55-46-44(50)45(58-59(51,52)53)43(49)41(37-47)57-46/h11,13,17-18,40-41,43-47,49-50H,3-10,12,14-16,19-39H2,1-2H3,(H,51,52,53)/b13-11-,18-17-. The first-order valence-corrected chi connectivity index (χ1v) is 25.0. The quantitative estimate of drug-likeness (QED) is 0.0198. The molecule has 1 heterocycles. The molecule has 6 atom stereocenters. The predicted octanol–water partition coefficient (Wildman–Crippen LogP) is 10.0. The molecule has 0 saturated carbocycles. The second-order valence-corrected chi connectivity index (χ2v) is 17.4. The largest absolute Gasteiger partial charge is 0.457 e. The topological polar surface area (TPSA) is 178 Å². The summed E-state index contributed by atoms with van der Waals surface area (Å²) in [7, 11) is -5.06. The number of allylic oxidation sites excluding steroid dienone is 4. The molecule has 4 N–H and O–H groups in total. The van der Waals surface area contributed by atoms with E-state index in [-0.39, 0.29) is 19.6 Å². The molecule has 1 saturated heterocycles. The van der Waals surface area contributed by atoms with Gasteiger partial charge in [0.05, 0.1) is 19.8 Å². The third-order valence-corrected chi connectivity index (χ3v) is 11.3. The first-order chi connectivity index (χ1) is 28.6. The number of esters is 1. The predicted molar refractivity (Wildman–Crippen MR) is 234 cm³/mol. The summed E-state index contributed by atoms with van der Waals surface area (Å²) in [6.07, 6.45) is 33.5. The van der Waals surface area contributed by atoms with E-state index in [1.807, 2.05) is 0 Å². The van der Waals surface area contributed by atoms with E-state index in [0.29, 0.717) is 13.0 Å². The summed E-state index contributed by atoms with van der Waals surface area (Å²) in [4.78, 5) is 12.9. The Bertz CT molecular complexity index is 1130. The van der Waals surface area contributed by atoms with Crippen LogP contribution >= 0.6 is 0 Å². The van der Waals surface area contributed by atoms with Crippen molar-refractivity contribution in [3.8, 4) is 0 Å². The highest BCUT2D eigenvalue weighted by molar-refractivity contribution is 7.80. The van der Waals surface area contributed by atoms with Gasteiger partial charge in [-0.1, -0.05) is 173 Å². The molecule has 348 valence electrons. The summed E-state index contributed by atoms with van der Waals surface area (Å²) in [5, 5.41) is 30.7. The molecule has 0 aliphatic carbocycles. The highest BCUT2D eigenvalue weighted by Gasteiger charge is 2.48. The van der Waals surface area contributed by atoms with Gasteiger partial charge in [-0.25, -0.2) is 4.18 Å². The van der Waals surface area contributed by atoms with E-state index in [2.05, 4.69) is 42.3 Å². The normalized spacial score (nSPS) is 20.5. The number of hydrogen-bond donors (Lipinski definition) is 4. The van der Waals surface area contributed by atoms with Gasteiger partial charge in [-0.15, -0.1) is 0 Å². The van der Waals surface area contributed by atoms with E-state index in [1.165, 1.54) is 122 Å². The Morgan fingerprint density at radius 3 is 1.64 bits per heavy atom. The van der Waals surface area contributed by atoms with Crippen molar-refractivity contribution in [2.24, 2.45) is 0 Å². The van der Waals surface area contributed by atoms with E-state index in [4.69, 9.17) is 23.5 Å². The van der Waals surface area contributed by atoms with Gasteiger partial charge in [0.1, 0.15) is 30.5 Å². The van der Waals surface area contributed by atoms with E-state index < -0.39 is 59.8 Å². The van der Waals surface area contributed by atoms with Crippen LogP contribution < -0.4 is 0 Å². The van der Waals surface area contributed by atoms with Crippen molar-refractivity contribution in [2.45, 2.75) is 237 Å². The van der Waals surface area contributed by atoms with Crippen molar-refractivity contribution in [1.29, 1.82) is 0 Å². The van der Waals surface area contributed by atoms with Crippen molar-refractivity contribution < 1.29 is 56.2 Å². The summed E-state index contributed by atoms with van der Waals surface area (Å²) in [5.74, 6) is -0.401. The van der Waals surface area contributed by atoms with Gasteiger partial charge >= 0.3 is 16.4 Å². The van der Waals surface area contributed by atoms with Crippen LogP contribution in [0.4, 0.5) is 0 Å². The number of ether oxygens (including phenoxy) is 4. The number of carbonyl (C=O) groups is 1. The summed E-state index contributed by atoms with van der Waals surface area (Å²) >= 11 is 0. The lowest BCUT2D eigenvalue weighted by molar-refractivity contribution is -0.301. The lowest BCUT2D eigenvalue weighted by Gasteiger charge is -2.41. The maximum Gasteiger partial charge on any atom is 0.397 e. The molecule has 0 bridgehead atoms. The minimum absolute atomic E-state index is 0.0383. The fraction of sp³-hybridized carbons (Fsp3) is 0.891. The Hall–Kier alpha value is -1.42. The third-order valence-electron chi connectivity index (χ3n) is 10.8. The van der Waals surface area contributed by atoms with Gasteiger partial charge in [-0.05, 0) is 44.9 Å². The second-order valence-electron chi connectivity index (χ2n) is 16.4. The van der Waals surface area contributed by atoms with Gasteiger partial charge in [0.2, 0.25) is 0 Å². The van der Waals surface area contributed by atoms with Crippen LogP contribution in [0, 0.1) is 0 Å². The highest BCUT2D eigenvalue weighted by atomic mass is 32.3. The lowest BCUT2D eigenvalue weighted by atomic mass is 9.99. The molecule has 0 spiro atoms. The van der Waals surface area contributed by atoms with Gasteiger partial charge in [0, 0.05) is 13.0 Å². The number of unbranched alkanes of at least 4 members (excludes halogenated alkanes) is 24. The molecule has 13 heteroatoms. The summed E-state index contributed by atoms with van der Waals surface area (Å²) < 4.78 is 59.1. The molecule has 0 radical (unpaired) electrons. The molecular formula is C46H86O12S. The van der Waals surface area contributed by atoms with Gasteiger partial charge < -0.3 is 34.3 Å². The summed E-state index contributed by atoms with van der Waals surface area (Å²) in [6.45, 7) is 3.98. The Morgan fingerprint density at radius 1 is 0.644 bits per heavy atom. The molecule has 1 aliphatic rings. The van der Waals surface area contributed by atoms with Crippen LogP contribution in [-0.4, -0.2) is 97.5 Å². The fourth-order valence-electron chi connectivity index (χ4n) is 7.23. The molecule has 0 aromatic heterocycles. The SMILES string of the molecule is CCCCC/C=C\C/C=C\CCCCCCCCCCCC(=O)OC(COCCCCCCCCCCCCCCC)COC1OC(CO)C(O)C(OS(=O)(=O)O)C1O. The first-order valence-electron chi connectivity index (χ1n) is 23.6. The molecule has 0 aromatic carbocycles. The Morgan fingerprint density at radius 2 is 1.12 bits per heavy atom. The van der Waals surface area contributed by atoms with Crippen LogP contribution in [0.3, 0.4) is 0 Å². The van der Waals surface area contributed by atoms with E-state index >= 15 is 0 Å². The van der Waals surface area contributed by atoms with Gasteiger partial charge in [0.15, 0.2) is 6.29 Å². The number of aliphatic hydroxyl groups is 3. The maximum atomic E-state index is 12.9. The van der Waals surface area contributed by atoms with Crippen molar-refractivity contribution >= 4 is 16.4 Å². The zero-order valence-electron chi connectivity index (χ0n) is 37.1. The number of aliphatic hydroxyl groups excluding tert-OH is 3. The van der Waals surface area contributed by atoms with Crippen LogP contribution in [-0.2, 0) is 38.3 Å². The zero-order valence-corrected chi connectivity index (χ0v) is 37.9. The molecule has 1 rings (SSSR count). The molecular weight excluding hydrogens is 777 g/mol. The Balaban J connectivity index is 2.39. The molecule has 1 aliphatic heterocycles. The van der Waals surface area contributed by atoms with Crippen molar-refractivity contribution in [2.75, 3.05) is 26.4 Å². The molecule has 59 heavy (non-hydrogen) atoms. The van der Waals surface area contributed by atoms with Crippen LogP contribution in [0.15, 0.2) is 24.3 Å².